The molecular formula is H102IP101. The van der Waals surface area contributed by atoms with E-state index in [1.807, 2.05) is 0 Å². The van der Waals surface area contributed by atoms with Crippen molar-refractivity contribution in [3.8, 4) is 0 Å². The first-order valence-corrected chi connectivity index (χ1v) is 210. The van der Waals surface area contributed by atoms with Gasteiger partial charge in [-0.15, -0.1) is 455 Å². The van der Waals surface area contributed by atoms with Crippen molar-refractivity contribution in [2.24, 2.45) is 0 Å². The summed E-state index contributed by atoms with van der Waals surface area (Å²) in [6, 6.07) is 0. The van der Waals surface area contributed by atoms with Crippen molar-refractivity contribution >= 4 is 825 Å². The zero-order valence-corrected chi connectivity index (χ0v) is 158. The standard InChI is InChI=1S/H102IP101/c1-53(80(95(83(57(8)9)58(10)11)84(59(12)13)60(14)15)96(85(61(16)17)62(18)19)94(79(52)54(2)3)82(55(4)5)56(6)7)81(97(99(86(63(20)21)64(22)23)87(65(24)25)66(26)27)100(88(67(28)29)68(30)31)89(69(32)33)70(34)35)98(101(90(71(36)37)72(38)39)91(73(40)41)74(42)43)102(92(75(44)45)76(46)47)93(77(48)49)78(50)51/h2-52H2. The van der Waals surface area contributed by atoms with E-state index in [1.54, 1.807) is 0 Å². The van der Waals surface area contributed by atoms with E-state index in [0.717, 1.165) is 0 Å². The van der Waals surface area contributed by atoms with Crippen LogP contribution in [0.2, 0.25) is 0 Å². The van der Waals surface area contributed by atoms with Gasteiger partial charge in [0.2, 0.25) is 0 Å². The highest BCUT2D eigenvalue weighted by atomic mass is 127. The fraction of sp³-hybridized carbons (Fsp3) is 0. The van der Waals surface area contributed by atoms with Gasteiger partial charge in [-0.05, 0) is 323 Å². The maximum Gasteiger partial charge on any atom is 0.0295 e. The zero-order valence-electron chi connectivity index (χ0n) is 52.2. The van der Waals surface area contributed by atoms with Gasteiger partial charge in [0.15, 0.2) is 0 Å². The minimum atomic E-state index is -0.619. The van der Waals surface area contributed by atoms with Gasteiger partial charge < -0.3 is 0 Å². The molecule has 0 spiro atoms. The third-order valence-corrected chi connectivity index (χ3v) is 745. The Kier molecular flexibility index (Phi) is 115. The molecule has 0 aromatic carbocycles. The molecule has 0 saturated carbocycles. The molecule has 614 valence electrons. The Hall–Kier alpha value is 44.2. The van der Waals surface area contributed by atoms with Crippen LogP contribution in [0.3, 0.4) is 0 Å². The van der Waals surface area contributed by atoms with Crippen LogP contribution in [0, 0.1) is 0 Å². The Morgan fingerprint density at radius 3 is 0.265 bits per heavy atom. The third-order valence-electron chi connectivity index (χ3n) is 9.03. The lowest BCUT2D eigenvalue weighted by Crippen LogP contribution is -1.75. The summed E-state index contributed by atoms with van der Waals surface area (Å²) in [6.45, 7) is -20.8. The van der Waals surface area contributed by atoms with E-state index >= 15 is 0 Å². The summed E-state index contributed by atoms with van der Waals surface area (Å²) in [5, 5.41) is 0. The van der Waals surface area contributed by atoms with Crippen molar-refractivity contribution in [2.45, 2.75) is 0 Å². The Morgan fingerprint density at radius 2 is 0.167 bits per heavy atom. The molecule has 0 aromatic heterocycles. The monoisotopic (exact) mass is 3360 g/mol. The van der Waals surface area contributed by atoms with Crippen molar-refractivity contribution in [2.75, 3.05) is 0 Å². The van der Waals surface area contributed by atoms with Crippen LogP contribution >= 0.6 is 825 Å². The van der Waals surface area contributed by atoms with Gasteiger partial charge in [0.25, 0.3) is 0 Å². The summed E-state index contributed by atoms with van der Waals surface area (Å²) in [7, 11) is 192. The highest BCUT2D eigenvalue weighted by Gasteiger charge is 2.66. The molecule has 0 fully saturated rings. The zero-order chi connectivity index (χ0) is 80.9. The molecule has 0 aliphatic heterocycles. The smallest absolute Gasteiger partial charge is 0.0295 e. The number of hydrogen-bond acceptors (Lipinski definition) is 0. The summed E-state index contributed by atoms with van der Waals surface area (Å²) in [6.07, 6.45) is 0. The second kappa shape index (κ2) is 80.0. The maximum atomic E-state index is 3.96. The van der Waals surface area contributed by atoms with Crippen LogP contribution in [0.4, 0.5) is 0 Å². The van der Waals surface area contributed by atoms with Crippen LogP contribution in [-0.2, 0) is 0 Å². The Labute approximate surface area is 810 Å². The highest BCUT2D eigenvalue weighted by molar-refractivity contribution is 14.2. The van der Waals surface area contributed by atoms with Gasteiger partial charge in [-0.2, -0.15) is 0 Å². The van der Waals surface area contributed by atoms with Crippen LogP contribution < -0.4 is 0 Å². The molecule has 0 nitrogen and oxygen atoms in total. The molecule has 0 aromatic rings. The predicted octanol–water partition coefficient (Wildman–Crippen LogP) is 60.6. The number of halogens is 1. The van der Waals surface area contributed by atoms with Crippen molar-refractivity contribution in [1.82, 2.24) is 0 Å². The summed E-state index contributed by atoms with van der Waals surface area (Å²) in [4.78, 5) is -0.619. The molecule has 0 bridgehead atoms. The predicted molar refractivity (Wildman–Crippen MR) is 855 cm³/mol. The third kappa shape index (κ3) is 51.2. The van der Waals surface area contributed by atoms with E-state index in [4.69, 9.17) is 0 Å². The van der Waals surface area contributed by atoms with Crippen LogP contribution in [-0.4, -0.2) is 0 Å². The number of hydrogen-bond donors (Lipinski definition) is 0. The summed E-state index contributed by atoms with van der Waals surface area (Å²) < 4.78 is 0. The molecule has 0 amide bonds. The molecule has 0 radical (unpaired) electrons. The first kappa shape index (κ1) is 146. The molecule has 102 heavy (non-hydrogen) atoms. The quantitative estimate of drug-likeness (QED) is 0.0421. The molecule has 0 aliphatic rings. The number of rotatable bonds is 49. The summed E-state index contributed by atoms with van der Waals surface area (Å²) in [5.74, 6) is 0. The van der Waals surface area contributed by atoms with E-state index in [-0.39, 0.29) is 55.9 Å². The Balaban J connectivity index is 14.2. The van der Waals surface area contributed by atoms with Crippen LogP contribution in [0.25, 0.3) is 0 Å². The highest BCUT2D eigenvalue weighted by Crippen LogP contribution is 3.53. The fourth-order valence-corrected chi connectivity index (χ4v) is 1540. The van der Waals surface area contributed by atoms with Gasteiger partial charge in [-0.3, -0.25) is 0 Å². The van der Waals surface area contributed by atoms with Crippen LogP contribution in [0.1, 0.15) is 0 Å². The van der Waals surface area contributed by atoms with Gasteiger partial charge in [0.1, 0.15) is 0 Å². The minimum absolute atomic E-state index is 0.324. The van der Waals surface area contributed by atoms with Gasteiger partial charge in [-0.1, -0.05) is 0 Å². The molecule has 0 heterocycles. The second-order valence-electron chi connectivity index (χ2n) is 16.2. The lowest BCUT2D eigenvalue weighted by Gasteiger charge is -2.62. The van der Waals surface area contributed by atoms with E-state index < -0.39 is 291 Å². The molecular weight excluding hydrogens is 3260 g/mol. The van der Waals surface area contributed by atoms with Crippen molar-refractivity contribution in [3.63, 3.8) is 0 Å². The largest absolute Gasteiger partial charge is 0.102 e. The first-order chi connectivity index (χ1) is 46.4. The molecule has 0 rings (SSSR count). The lowest BCUT2D eigenvalue weighted by molar-refractivity contribution is 4.32. The topological polar surface area (TPSA) is 0 Å². The van der Waals surface area contributed by atoms with Gasteiger partial charge in [0.05, 0.1) is 0 Å². The fourth-order valence-electron chi connectivity index (χ4n) is 6.17. The normalized spacial score (nSPS) is 16.1. The molecule has 0 N–H and O–H groups in total. The molecule has 0 aliphatic carbocycles. The molecule has 56 atom stereocenters. The summed E-state index contributed by atoms with van der Waals surface area (Å²) >= 11 is 3.90. The lowest BCUT2D eigenvalue weighted by atomic mass is 28.4. The van der Waals surface area contributed by atoms with Gasteiger partial charge >= 0.3 is 0 Å². The van der Waals surface area contributed by atoms with Crippen molar-refractivity contribution < 1.29 is 0 Å². The van der Waals surface area contributed by atoms with Gasteiger partial charge in [-0.25, -0.2) is 0 Å². The van der Waals surface area contributed by atoms with E-state index in [1.165, 1.54) is 0 Å². The molecule has 0 saturated heterocycles. The first-order valence-electron chi connectivity index (χ1n) is 23.1. The van der Waals surface area contributed by atoms with Gasteiger partial charge in [0, 0.05) is 46.9 Å². The average Bonchev–Trinajstić information content (AvgIpc) is 3.41. The Morgan fingerprint density at radius 1 is 0.0882 bits per heavy atom. The Bertz CT molecular complexity index is 1750. The van der Waals surface area contributed by atoms with Crippen LogP contribution in [0.5, 0.6) is 0 Å². The van der Waals surface area contributed by atoms with E-state index in [0.29, 0.717) is 0 Å². The molecule has 102 heteroatoms. The second-order valence-corrected chi connectivity index (χ2v) is 443. The van der Waals surface area contributed by atoms with E-state index in [2.05, 4.69) is 477 Å². The van der Waals surface area contributed by atoms with Crippen molar-refractivity contribution in [1.29, 1.82) is 0 Å². The molecule has 56 unspecified atom stereocenters. The SMILES string of the molecule is PP(P)P(P)P(P(P(P)P)P(P)P)P(P(P(P)P)P(P)P)P(P(I)P(P(P(P(P(P)P)P(P)P)P(P(P)P)P(P)P)P(P(P(P)P)P(P)P)P(P(P)P)P(P)P)P(P(P(P(P)P)P(P)P)P(P(P)P)P(P)P)P(P(P(P)P)P(P)P)P(P(P)P)P(P)P)P(P(P(P)P)P(P)P)P(P(P)P)P(P)P. The maximum absolute atomic E-state index is 3.96. The average molecular weight is 3360 g/mol. The minimum Gasteiger partial charge on any atom is -0.102 e. The summed E-state index contributed by atoms with van der Waals surface area (Å²) in [5.41, 5.74) is 0. The van der Waals surface area contributed by atoms with E-state index in [9.17, 15) is 0 Å². The van der Waals surface area contributed by atoms with Crippen molar-refractivity contribution in [3.05, 3.63) is 0 Å². The van der Waals surface area contributed by atoms with Crippen LogP contribution in [0.15, 0.2) is 0 Å².